The van der Waals surface area contributed by atoms with Crippen LogP contribution < -0.4 is 10.9 Å². The van der Waals surface area contributed by atoms with E-state index in [0.717, 1.165) is 24.3 Å². The molecule has 5 nitrogen and oxygen atoms in total. The van der Waals surface area contributed by atoms with Crippen LogP contribution in [-0.4, -0.2) is 26.8 Å². The van der Waals surface area contributed by atoms with Crippen LogP contribution in [-0.2, 0) is 11.3 Å². The van der Waals surface area contributed by atoms with Gasteiger partial charge in [0, 0.05) is 24.3 Å². The van der Waals surface area contributed by atoms with E-state index in [4.69, 9.17) is 0 Å². The van der Waals surface area contributed by atoms with Crippen LogP contribution in [0.25, 0.3) is 0 Å². The number of hydrogen-bond acceptors (Lipinski definition) is 4. The minimum Gasteiger partial charge on any atom is -0.350 e. The lowest BCUT2D eigenvalue weighted by Gasteiger charge is -2.56. The van der Waals surface area contributed by atoms with Crippen LogP contribution >= 0.6 is 11.8 Å². The van der Waals surface area contributed by atoms with Crippen molar-refractivity contribution in [3.05, 3.63) is 22.6 Å². The van der Waals surface area contributed by atoms with Gasteiger partial charge in [0.25, 0.3) is 5.56 Å². The molecule has 1 N–H and O–H groups in total. The Labute approximate surface area is 146 Å². The van der Waals surface area contributed by atoms with E-state index in [-0.39, 0.29) is 17.0 Å². The summed E-state index contributed by atoms with van der Waals surface area (Å²) in [7, 11) is 0. The van der Waals surface area contributed by atoms with Gasteiger partial charge in [-0.3, -0.25) is 9.59 Å². The quantitative estimate of drug-likeness (QED) is 0.656. The van der Waals surface area contributed by atoms with Crippen LogP contribution in [0.3, 0.4) is 0 Å². The van der Waals surface area contributed by atoms with E-state index < -0.39 is 0 Å². The van der Waals surface area contributed by atoms with Crippen molar-refractivity contribution < 1.29 is 4.79 Å². The van der Waals surface area contributed by atoms with E-state index >= 15 is 0 Å². The fourth-order valence-electron chi connectivity index (χ4n) is 5.49. The van der Waals surface area contributed by atoms with E-state index in [1.54, 1.807) is 6.20 Å². The number of aromatic nitrogens is 2. The lowest BCUT2D eigenvalue weighted by molar-refractivity contribution is -0.124. The van der Waals surface area contributed by atoms with Gasteiger partial charge in [-0.15, -0.1) is 0 Å². The predicted molar refractivity (Wildman–Crippen MR) is 93.9 cm³/mol. The molecule has 5 rings (SSSR count). The molecule has 24 heavy (non-hydrogen) atoms. The van der Waals surface area contributed by atoms with Gasteiger partial charge >= 0.3 is 0 Å². The maximum Gasteiger partial charge on any atom is 0.273 e. The van der Waals surface area contributed by atoms with Gasteiger partial charge in [-0.1, -0.05) is 11.8 Å². The third-order valence-electron chi connectivity index (χ3n) is 5.96. The van der Waals surface area contributed by atoms with Gasteiger partial charge < -0.3 is 9.88 Å². The van der Waals surface area contributed by atoms with Crippen molar-refractivity contribution in [3.8, 4) is 0 Å². The Morgan fingerprint density at radius 2 is 1.92 bits per heavy atom. The molecule has 0 atom stereocenters. The highest BCUT2D eigenvalue weighted by molar-refractivity contribution is 7.99. The van der Waals surface area contributed by atoms with E-state index in [9.17, 15) is 9.59 Å². The molecule has 0 spiro atoms. The first-order chi connectivity index (χ1) is 11.5. The Morgan fingerprint density at radius 3 is 2.50 bits per heavy atom. The first kappa shape index (κ1) is 16.2. The Balaban J connectivity index is 1.39. The number of thioether (sulfide) groups is 1. The topological polar surface area (TPSA) is 64.0 Å². The molecule has 0 unspecified atom stereocenters. The van der Waals surface area contributed by atoms with Gasteiger partial charge in [0.15, 0.2) is 5.16 Å². The molecule has 0 saturated heterocycles. The standard InChI is InChI=1S/C18H25N3O2S/c1-2-21-4-3-15(22)19-17(21)24-11-16(23)20-18-8-12-5-13(9-18)7-14(6-12)10-18/h3-4,12-14H,2,5-11H2,1H3,(H,20,23). The van der Waals surface area contributed by atoms with Crippen LogP contribution in [0.2, 0.25) is 0 Å². The van der Waals surface area contributed by atoms with Crippen molar-refractivity contribution in [1.29, 1.82) is 0 Å². The summed E-state index contributed by atoms with van der Waals surface area (Å²) in [6.45, 7) is 2.75. The van der Waals surface area contributed by atoms with E-state index in [1.165, 1.54) is 56.4 Å². The van der Waals surface area contributed by atoms with Crippen molar-refractivity contribution >= 4 is 17.7 Å². The van der Waals surface area contributed by atoms with E-state index in [0.29, 0.717) is 10.9 Å². The molecule has 0 aromatic carbocycles. The SMILES string of the molecule is CCn1ccc(=O)nc1SCC(=O)NC12CC3CC(CC(C3)C1)C2. The zero-order chi connectivity index (χ0) is 16.7. The Kier molecular flexibility index (Phi) is 4.19. The third-order valence-corrected chi connectivity index (χ3v) is 6.95. The molecule has 1 amide bonds. The van der Waals surface area contributed by atoms with Crippen LogP contribution in [0.1, 0.15) is 45.4 Å². The summed E-state index contributed by atoms with van der Waals surface area (Å²) < 4.78 is 1.91. The number of hydrogen-bond donors (Lipinski definition) is 1. The van der Waals surface area contributed by atoms with Gasteiger partial charge in [-0.25, -0.2) is 0 Å². The highest BCUT2D eigenvalue weighted by Gasteiger charge is 2.51. The highest BCUT2D eigenvalue weighted by atomic mass is 32.2. The molecule has 4 fully saturated rings. The van der Waals surface area contributed by atoms with Gasteiger partial charge in [0.05, 0.1) is 5.75 Å². The van der Waals surface area contributed by atoms with Crippen LogP contribution in [0, 0.1) is 17.8 Å². The third kappa shape index (κ3) is 3.13. The minimum absolute atomic E-state index is 0.0565. The average Bonchev–Trinajstić information content (AvgIpc) is 2.51. The molecule has 4 aliphatic carbocycles. The van der Waals surface area contributed by atoms with Gasteiger partial charge in [-0.05, 0) is 63.2 Å². The largest absolute Gasteiger partial charge is 0.350 e. The summed E-state index contributed by atoms with van der Waals surface area (Å²) in [5.74, 6) is 2.89. The molecule has 6 heteroatoms. The van der Waals surface area contributed by atoms with Gasteiger partial charge in [0.1, 0.15) is 0 Å². The normalized spacial score (nSPS) is 33.6. The molecule has 1 aromatic heterocycles. The number of aryl methyl sites for hydroxylation is 1. The van der Waals surface area contributed by atoms with Crippen LogP contribution in [0.15, 0.2) is 22.2 Å². The first-order valence-electron chi connectivity index (χ1n) is 9.06. The maximum absolute atomic E-state index is 12.5. The van der Waals surface area contributed by atoms with Crippen LogP contribution in [0.5, 0.6) is 0 Å². The zero-order valence-corrected chi connectivity index (χ0v) is 15.0. The molecule has 130 valence electrons. The summed E-state index contributed by atoms with van der Waals surface area (Å²) in [4.78, 5) is 28.0. The molecule has 1 aromatic rings. The number of nitrogens with zero attached hydrogens (tertiary/aromatic N) is 2. The molecule has 4 saturated carbocycles. The van der Waals surface area contributed by atoms with Crippen molar-refractivity contribution in [2.45, 2.75) is 62.7 Å². The smallest absolute Gasteiger partial charge is 0.273 e. The second-order valence-electron chi connectivity index (χ2n) is 7.87. The fourth-order valence-corrected chi connectivity index (χ4v) is 6.34. The molecule has 4 aliphatic rings. The van der Waals surface area contributed by atoms with Gasteiger partial charge in [0.2, 0.25) is 5.91 Å². The van der Waals surface area contributed by atoms with Gasteiger partial charge in [-0.2, -0.15) is 4.98 Å². The summed E-state index contributed by atoms with van der Waals surface area (Å²) >= 11 is 1.36. The minimum atomic E-state index is -0.247. The number of carbonyl (C=O) groups excluding carboxylic acids is 1. The van der Waals surface area contributed by atoms with E-state index in [2.05, 4.69) is 10.3 Å². The molecule has 0 aliphatic heterocycles. The second kappa shape index (κ2) is 6.21. The van der Waals surface area contributed by atoms with Crippen molar-refractivity contribution in [2.75, 3.05) is 5.75 Å². The predicted octanol–water partition coefficient (Wildman–Crippen LogP) is 2.44. The molecular weight excluding hydrogens is 322 g/mol. The molecular formula is C18H25N3O2S. The van der Waals surface area contributed by atoms with Crippen molar-refractivity contribution in [1.82, 2.24) is 14.9 Å². The zero-order valence-electron chi connectivity index (χ0n) is 14.2. The summed E-state index contributed by atoms with van der Waals surface area (Å²) in [5, 5.41) is 4.00. The number of carbonyl (C=O) groups is 1. The number of nitrogens with one attached hydrogen (secondary N) is 1. The molecule has 1 heterocycles. The Bertz CT molecular complexity index is 664. The summed E-state index contributed by atoms with van der Waals surface area (Å²) in [6, 6.07) is 1.46. The lowest BCUT2D eigenvalue weighted by Crippen LogP contribution is -2.60. The van der Waals surface area contributed by atoms with Crippen molar-refractivity contribution in [3.63, 3.8) is 0 Å². The Hall–Kier alpha value is -1.30. The molecule has 0 radical (unpaired) electrons. The monoisotopic (exact) mass is 347 g/mol. The fraction of sp³-hybridized carbons (Fsp3) is 0.722. The maximum atomic E-state index is 12.5. The summed E-state index contributed by atoms with van der Waals surface area (Å²) in [6.07, 6.45) is 9.37. The van der Waals surface area contributed by atoms with Crippen LogP contribution in [0.4, 0.5) is 0 Å². The average molecular weight is 347 g/mol. The number of rotatable bonds is 5. The van der Waals surface area contributed by atoms with E-state index in [1.807, 2.05) is 11.5 Å². The first-order valence-corrected chi connectivity index (χ1v) is 10.0. The Morgan fingerprint density at radius 1 is 1.29 bits per heavy atom. The van der Waals surface area contributed by atoms with Crippen molar-refractivity contribution in [2.24, 2.45) is 17.8 Å². The lowest BCUT2D eigenvalue weighted by atomic mass is 9.53. The second-order valence-corrected chi connectivity index (χ2v) is 8.81. The molecule has 4 bridgehead atoms. The summed E-state index contributed by atoms with van der Waals surface area (Å²) in [5.41, 5.74) is -0.190. The highest BCUT2D eigenvalue weighted by Crippen LogP contribution is 2.55. The number of amides is 1.